The monoisotopic (exact) mass is 246 g/mol. The molecule has 1 aromatic carbocycles. The first-order valence-electron chi connectivity index (χ1n) is 5.91. The second-order valence-electron chi connectivity index (χ2n) is 3.98. The molecule has 0 spiro atoms. The Morgan fingerprint density at radius 3 is 2.94 bits per heavy atom. The highest BCUT2D eigenvalue weighted by molar-refractivity contribution is 6.61. The van der Waals surface area contributed by atoms with Gasteiger partial charge in [0.05, 0.1) is 0 Å². The maximum atomic E-state index is 11.0. The first kappa shape index (κ1) is 12.9. The van der Waals surface area contributed by atoms with E-state index in [1.807, 2.05) is 24.3 Å². The van der Waals surface area contributed by atoms with E-state index in [2.05, 4.69) is 6.58 Å². The molecule has 0 atom stereocenters. The van der Waals surface area contributed by atoms with Crippen LogP contribution in [0.5, 0.6) is 0 Å². The molecule has 1 saturated heterocycles. The van der Waals surface area contributed by atoms with Crippen LogP contribution in [-0.4, -0.2) is 26.3 Å². The van der Waals surface area contributed by atoms with Crippen LogP contribution in [0.2, 0.25) is 0 Å². The molecule has 4 nitrogen and oxygen atoms in total. The Balaban J connectivity index is 2.00. The molecule has 2 rings (SSSR count). The van der Waals surface area contributed by atoms with Crippen molar-refractivity contribution in [3.8, 4) is 0 Å². The summed E-state index contributed by atoms with van der Waals surface area (Å²) in [5.74, 6) is -0.425. The third-order valence-corrected chi connectivity index (χ3v) is 2.60. The number of benzene rings is 1. The average Bonchev–Trinajstić information content (AvgIpc) is 2.46. The van der Waals surface area contributed by atoms with Crippen LogP contribution in [0.4, 0.5) is 0 Å². The highest BCUT2D eigenvalue weighted by atomic mass is 16.6. The second-order valence-corrected chi connectivity index (χ2v) is 3.98. The van der Waals surface area contributed by atoms with Gasteiger partial charge in [-0.1, -0.05) is 30.8 Å². The van der Waals surface area contributed by atoms with E-state index in [0.717, 1.165) is 23.5 Å². The Morgan fingerprint density at radius 2 is 2.22 bits per heavy atom. The molecule has 0 bridgehead atoms. The fraction of sp³-hybridized carbons (Fsp3) is 0.308. The molecule has 94 valence electrons. The summed E-state index contributed by atoms with van der Waals surface area (Å²) in [6.07, 6.45) is 2.07. The molecule has 0 aliphatic carbocycles. The molecule has 18 heavy (non-hydrogen) atoms. The minimum atomic E-state index is -0.425. The second kappa shape index (κ2) is 6.38. The van der Waals surface area contributed by atoms with E-state index in [1.54, 1.807) is 0 Å². The summed E-state index contributed by atoms with van der Waals surface area (Å²) < 4.78 is 16.0. The van der Waals surface area contributed by atoms with Crippen molar-refractivity contribution >= 4 is 18.6 Å². The van der Waals surface area contributed by atoms with Crippen molar-refractivity contribution in [1.82, 2.24) is 0 Å². The Kier molecular flexibility index (Phi) is 4.56. The Labute approximate surface area is 107 Å². The molecule has 0 unspecified atom stereocenters. The minimum Gasteiger partial charge on any atom is -0.458 e. The molecule has 1 heterocycles. The van der Waals surface area contributed by atoms with E-state index in [9.17, 15) is 4.79 Å². The van der Waals surface area contributed by atoms with Gasteiger partial charge in [-0.05, 0) is 17.4 Å². The lowest BCUT2D eigenvalue weighted by atomic mass is 9.77. The van der Waals surface area contributed by atoms with Gasteiger partial charge in [-0.2, -0.15) is 0 Å². The fourth-order valence-corrected chi connectivity index (χ4v) is 1.72. The topological polar surface area (TPSA) is 44.8 Å². The number of hydrogen-bond donors (Lipinski definition) is 0. The van der Waals surface area contributed by atoms with Crippen molar-refractivity contribution in [2.45, 2.75) is 13.0 Å². The van der Waals surface area contributed by atoms with E-state index in [0.29, 0.717) is 13.2 Å². The normalized spacial score (nSPS) is 15.2. The molecule has 0 radical (unpaired) electrons. The predicted octanol–water partition coefficient (Wildman–Crippen LogP) is 1.05. The zero-order valence-corrected chi connectivity index (χ0v) is 10.1. The van der Waals surface area contributed by atoms with Gasteiger partial charge in [0.2, 0.25) is 0 Å². The van der Waals surface area contributed by atoms with Gasteiger partial charge in [0, 0.05) is 19.3 Å². The quantitative estimate of drug-likeness (QED) is 0.452. The molecule has 1 aromatic rings. The lowest BCUT2D eigenvalue weighted by molar-refractivity contribution is -0.138. The molecule has 1 aliphatic rings. The molecular weight excluding hydrogens is 231 g/mol. The molecule has 0 saturated carbocycles. The highest BCUT2D eigenvalue weighted by Gasteiger charge is 2.24. The zero-order valence-electron chi connectivity index (χ0n) is 10.1. The van der Waals surface area contributed by atoms with Crippen molar-refractivity contribution in [2.75, 3.05) is 13.2 Å². The van der Waals surface area contributed by atoms with Gasteiger partial charge in [-0.15, -0.1) is 0 Å². The predicted molar refractivity (Wildman–Crippen MR) is 68.3 cm³/mol. The van der Waals surface area contributed by atoms with Crippen LogP contribution >= 0.6 is 0 Å². The molecule has 5 heteroatoms. The number of hydrogen-bond acceptors (Lipinski definition) is 4. The van der Waals surface area contributed by atoms with Crippen LogP contribution in [0.3, 0.4) is 0 Å². The number of carbonyl (C=O) groups is 1. The molecule has 0 N–H and O–H groups in total. The van der Waals surface area contributed by atoms with Gasteiger partial charge in [0.1, 0.15) is 6.61 Å². The van der Waals surface area contributed by atoms with Gasteiger partial charge in [0.25, 0.3) is 0 Å². The van der Waals surface area contributed by atoms with Crippen molar-refractivity contribution in [1.29, 1.82) is 0 Å². The van der Waals surface area contributed by atoms with Gasteiger partial charge in [-0.3, -0.25) is 0 Å². The van der Waals surface area contributed by atoms with Crippen LogP contribution < -0.4 is 5.46 Å². The maximum absolute atomic E-state index is 11.0. The summed E-state index contributed by atoms with van der Waals surface area (Å²) >= 11 is 0. The zero-order chi connectivity index (χ0) is 12.8. The smallest absolute Gasteiger partial charge is 0.458 e. The summed E-state index contributed by atoms with van der Waals surface area (Å²) in [7, 11) is -0.311. The van der Waals surface area contributed by atoms with E-state index in [1.165, 1.54) is 0 Å². The van der Waals surface area contributed by atoms with Crippen molar-refractivity contribution in [3.05, 3.63) is 42.5 Å². The fourth-order valence-electron chi connectivity index (χ4n) is 1.72. The van der Waals surface area contributed by atoms with Crippen molar-refractivity contribution < 1.29 is 18.8 Å². The van der Waals surface area contributed by atoms with Crippen molar-refractivity contribution in [3.63, 3.8) is 0 Å². The highest BCUT2D eigenvalue weighted by Crippen LogP contribution is 2.05. The van der Waals surface area contributed by atoms with Crippen LogP contribution in [0, 0.1) is 0 Å². The standard InChI is InChI=1S/C13H15BO4/c1-2-13(15)16-10-11-5-3-6-12(9-11)14-17-7-4-8-18-14/h2-3,5-6,9H,1,4,7-8,10H2. The minimum absolute atomic E-state index is 0.228. The number of ether oxygens (including phenoxy) is 1. The van der Waals surface area contributed by atoms with Crippen molar-refractivity contribution in [2.24, 2.45) is 0 Å². The van der Waals surface area contributed by atoms with Gasteiger partial charge in [-0.25, -0.2) is 4.79 Å². The van der Waals surface area contributed by atoms with Crippen LogP contribution in [-0.2, 0) is 25.4 Å². The molecule has 0 amide bonds. The van der Waals surface area contributed by atoms with E-state index < -0.39 is 5.97 Å². The Bertz CT molecular complexity index is 427. The third kappa shape index (κ3) is 3.45. The third-order valence-electron chi connectivity index (χ3n) is 2.60. The Morgan fingerprint density at radius 1 is 1.44 bits per heavy atom. The lowest BCUT2D eigenvalue weighted by Crippen LogP contribution is -2.41. The molecule has 0 aromatic heterocycles. The maximum Gasteiger partial charge on any atom is 0.493 e. The van der Waals surface area contributed by atoms with Crippen LogP contribution in [0.15, 0.2) is 36.9 Å². The first-order chi connectivity index (χ1) is 8.79. The number of rotatable bonds is 4. The average molecular weight is 246 g/mol. The number of carbonyl (C=O) groups excluding carboxylic acids is 1. The van der Waals surface area contributed by atoms with E-state index >= 15 is 0 Å². The van der Waals surface area contributed by atoms with Gasteiger partial charge < -0.3 is 14.0 Å². The summed E-state index contributed by atoms with van der Waals surface area (Å²) in [5.41, 5.74) is 1.85. The van der Waals surface area contributed by atoms with Crippen LogP contribution in [0.1, 0.15) is 12.0 Å². The Hall–Kier alpha value is -1.59. The van der Waals surface area contributed by atoms with Gasteiger partial charge in [0.15, 0.2) is 0 Å². The summed E-state index contributed by atoms with van der Waals surface area (Å²) in [5, 5.41) is 0. The van der Waals surface area contributed by atoms with Gasteiger partial charge >= 0.3 is 13.1 Å². The number of esters is 1. The SMILES string of the molecule is C=CC(=O)OCc1cccc(B2OCCCO2)c1. The first-order valence-corrected chi connectivity index (χ1v) is 5.91. The summed E-state index contributed by atoms with van der Waals surface area (Å²) in [6, 6.07) is 7.65. The molecule has 1 fully saturated rings. The lowest BCUT2D eigenvalue weighted by Gasteiger charge is -2.20. The summed E-state index contributed by atoms with van der Waals surface area (Å²) in [6.45, 7) is 4.99. The van der Waals surface area contributed by atoms with E-state index in [-0.39, 0.29) is 13.7 Å². The summed E-state index contributed by atoms with van der Waals surface area (Å²) in [4.78, 5) is 11.0. The molecular formula is C13H15BO4. The van der Waals surface area contributed by atoms with E-state index in [4.69, 9.17) is 14.0 Å². The molecule has 1 aliphatic heterocycles. The van der Waals surface area contributed by atoms with Crippen LogP contribution in [0.25, 0.3) is 0 Å². The largest absolute Gasteiger partial charge is 0.493 e.